The third-order valence-electron chi connectivity index (χ3n) is 3.92. The van der Waals surface area contributed by atoms with E-state index in [1.54, 1.807) is 0 Å². The van der Waals surface area contributed by atoms with Crippen LogP contribution in [-0.4, -0.2) is 36.9 Å². The van der Waals surface area contributed by atoms with Crippen LogP contribution in [0.2, 0.25) is 0 Å². The number of nitrogens with one attached hydrogen (secondary N) is 1. The molecule has 0 aliphatic carbocycles. The van der Waals surface area contributed by atoms with Crippen LogP contribution in [-0.2, 0) is 6.42 Å². The highest BCUT2D eigenvalue weighted by Crippen LogP contribution is 2.30. The van der Waals surface area contributed by atoms with Gasteiger partial charge in [-0.1, -0.05) is 18.2 Å². The number of anilines is 1. The van der Waals surface area contributed by atoms with Crippen molar-refractivity contribution in [2.75, 3.05) is 31.1 Å². The average molecular weight is 232 g/mol. The van der Waals surface area contributed by atoms with E-state index in [2.05, 4.69) is 34.5 Å². The van der Waals surface area contributed by atoms with E-state index in [9.17, 15) is 5.11 Å². The molecular formula is C14H20N2O. The Morgan fingerprint density at radius 1 is 1.35 bits per heavy atom. The summed E-state index contributed by atoms with van der Waals surface area (Å²) in [6.07, 6.45) is 3.10. The number of para-hydroxylation sites is 1. The molecule has 0 amide bonds. The number of hydrogen-bond donors (Lipinski definition) is 2. The first-order chi connectivity index (χ1) is 8.27. The summed E-state index contributed by atoms with van der Waals surface area (Å²) in [5.41, 5.74) is 2.18. The highest BCUT2D eigenvalue weighted by atomic mass is 16.3. The van der Waals surface area contributed by atoms with E-state index in [0.29, 0.717) is 0 Å². The van der Waals surface area contributed by atoms with Crippen molar-refractivity contribution in [1.82, 2.24) is 5.32 Å². The Morgan fingerprint density at radius 2 is 2.24 bits per heavy atom. The second-order valence-electron chi connectivity index (χ2n) is 5.30. The Bertz CT molecular complexity index is 399. The molecule has 1 atom stereocenters. The largest absolute Gasteiger partial charge is 0.387 e. The highest BCUT2D eigenvalue weighted by Gasteiger charge is 2.33. The van der Waals surface area contributed by atoms with Gasteiger partial charge in [-0.2, -0.15) is 0 Å². The molecule has 0 radical (unpaired) electrons. The first-order valence-electron chi connectivity index (χ1n) is 6.53. The summed E-state index contributed by atoms with van der Waals surface area (Å²) < 4.78 is 0. The first kappa shape index (κ1) is 11.1. The van der Waals surface area contributed by atoms with Crippen molar-refractivity contribution in [3.63, 3.8) is 0 Å². The number of β-amino-alcohol motifs (C(OH)–C–C–N with tert-alkyl or cyclic N) is 1. The highest BCUT2D eigenvalue weighted by molar-refractivity contribution is 5.58. The Kier molecular flexibility index (Phi) is 2.81. The topological polar surface area (TPSA) is 35.5 Å². The maximum Gasteiger partial charge on any atom is 0.0945 e. The van der Waals surface area contributed by atoms with Crippen molar-refractivity contribution >= 4 is 5.69 Å². The van der Waals surface area contributed by atoms with Crippen LogP contribution >= 0.6 is 0 Å². The van der Waals surface area contributed by atoms with Gasteiger partial charge in [-0.25, -0.2) is 0 Å². The summed E-state index contributed by atoms with van der Waals surface area (Å²) in [7, 11) is 0. The zero-order valence-electron chi connectivity index (χ0n) is 10.2. The van der Waals surface area contributed by atoms with E-state index in [-0.39, 0.29) is 0 Å². The first-order valence-corrected chi connectivity index (χ1v) is 6.53. The normalized spacial score (nSPS) is 28.2. The van der Waals surface area contributed by atoms with Crippen molar-refractivity contribution in [3.8, 4) is 0 Å². The number of rotatable bonds is 2. The molecule has 92 valence electrons. The Balaban J connectivity index is 1.74. The fourth-order valence-electron chi connectivity index (χ4n) is 3.01. The molecule has 2 N–H and O–H groups in total. The van der Waals surface area contributed by atoms with Gasteiger partial charge in [0.1, 0.15) is 0 Å². The molecule has 17 heavy (non-hydrogen) atoms. The molecule has 0 spiro atoms. The zero-order chi connectivity index (χ0) is 11.7. The SMILES string of the molecule is OC1(CN2CCc3ccccc32)CCCNC1. The van der Waals surface area contributed by atoms with E-state index in [1.165, 1.54) is 11.3 Å². The minimum atomic E-state index is -0.546. The molecule has 2 aliphatic heterocycles. The summed E-state index contributed by atoms with van der Waals surface area (Å²) >= 11 is 0. The van der Waals surface area contributed by atoms with Gasteiger partial charge < -0.3 is 15.3 Å². The lowest BCUT2D eigenvalue weighted by Crippen LogP contribution is -2.52. The lowest BCUT2D eigenvalue weighted by Gasteiger charge is -2.36. The van der Waals surface area contributed by atoms with Crippen molar-refractivity contribution < 1.29 is 5.11 Å². The number of aliphatic hydroxyl groups is 1. The van der Waals surface area contributed by atoms with Crippen molar-refractivity contribution in [2.24, 2.45) is 0 Å². The van der Waals surface area contributed by atoms with Crippen molar-refractivity contribution in [3.05, 3.63) is 29.8 Å². The zero-order valence-corrected chi connectivity index (χ0v) is 10.2. The Labute approximate surface area is 102 Å². The molecule has 1 saturated heterocycles. The second-order valence-corrected chi connectivity index (χ2v) is 5.30. The van der Waals surface area contributed by atoms with E-state index < -0.39 is 5.60 Å². The van der Waals surface area contributed by atoms with Gasteiger partial charge in [0.15, 0.2) is 0 Å². The van der Waals surface area contributed by atoms with Crippen LogP contribution in [0.3, 0.4) is 0 Å². The quantitative estimate of drug-likeness (QED) is 0.803. The van der Waals surface area contributed by atoms with Gasteiger partial charge in [-0.15, -0.1) is 0 Å². The summed E-state index contributed by atoms with van der Waals surface area (Å²) in [5.74, 6) is 0. The molecule has 2 aliphatic rings. The van der Waals surface area contributed by atoms with E-state index in [1.807, 2.05) is 0 Å². The molecule has 3 heteroatoms. The third-order valence-corrected chi connectivity index (χ3v) is 3.92. The van der Waals surface area contributed by atoms with Crippen LogP contribution in [0, 0.1) is 0 Å². The van der Waals surface area contributed by atoms with Gasteiger partial charge in [0.2, 0.25) is 0 Å². The van der Waals surface area contributed by atoms with Gasteiger partial charge in [-0.3, -0.25) is 0 Å². The van der Waals surface area contributed by atoms with Crippen LogP contribution in [0.15, 0.2) is 24.3 Å². The second kappa shape index (κ2) is 4.31. The fraction of sp³-hybridized carbons (Fsp3) is 0.571. The number of nitrogens with zero attached hydrogens (tertiary/aromatic N) is 1. The number of benzene rings is 1. The lowest BCUT2D eigenvalue weighted by atomic mass is 9.93. The smallest absolute Gasteiger partial charge is 0.0945 e. The minimum absolute atomic E-state index is 0.546. The summed E-state index contributed by atoms with van der Waals surface area (Å²) in [4.78, 5) is 2.34. The maximum absolute atomic E-state index is 10.6. The van der Waals surface area contributed by atoms with E-state index in [0.717, 1.165) is 45.4 Å². The number of piperidine rings is 1. The molecule has 1 fully saturated rings. The van der Waals surface area contributed by atoms with Crippen molar-refractivity contribution in [1.29, 1.82) is 0 Å². The molecular weight excluding hydrogens is 212 g/mol. The number of hydrogen-bond acceptors (Lipinski definition) is 3. The molecule has 1 aromatic carbocycles. The third kappa shape index (κ3) is 2.17. The van der Waals surface area contributed by atoms with Crippen LogP contribution in [0.1, 0.15) is 18.4 Å². The minimum Gasteiger partial charge on any atom is -0.387 e. The van der Waals surface area contributed by atoms with Crippen LogP contribution in [0.25, 0.3) is 0 Å². The van der Waals surface area contributed by atoms with E-state index >= 15 is 0 Å². The standard InChI is InChI=1S/C14H20N2O/c17-14(7-3-8-15-10-14)11-16-9-6-12-4-1-2-5-13(12)16/h1-2,4-5,15,17H,3,6-11H2. The molecule has 0 saturated carbocycles. The summed E-state index contributed by atoms with van der Waals surface area (Å²) in [5, 5.41) is 13.8. The summed E-state index contributed by atoms with van der Waals surface area (Å²) in [6.45, 7) is 3.57. The van der Waals surface area contributed by atoms with E-state index in [4.69, 9.17) is 0 Å². The van der Waals surface area contributed by atoms with Crippen molar-refractivity contribution in [2.45, 2.75) is 24.9 Å². The lowest BCUT2D eigenvalue weighted by molar-refractivity contribution is 0.0237. The average Bonchev–Trinajstić information content (AvgIpc) is 2.73. The van der Waals surface area contributed by atoms with Crippen LogP contribution in [0.5, 0.6) is 0 Å². The predicted molar refractivity (Wildman–Crippen MR) is 69.4 cm³/mol. The molecule has 0 aromatic heterocycles. The van der Waals surface area contributed by atoms with Gasteiger partial charge in [0.25, 0.3) is 0 Å². The maximum atomic E-state index is 10.6. The Morgan fingerprint density at radius 3 is 3.06 bits per heavy atom. The molecule has 1 aromatic rings. The Hall–Kier alpha value is -1.06. The monoisotopic (exact) mass is 232 g/mol. The van der Waals surface area contributed by atoms with Crippen LogP contribution in [0.4, 0.5) is 5.69 Å². The predicted octanol–water partition coefficient (Wildman–Crippen LogP) is 1.16. The molecule has 3 rings (SSSR count). The van der Waals surface area contributed by atoms with Gasteiger partial charge in [0, 0.05) is 25.3 Å². The van der Waals surface area contributed by atoms with Gasteiger partial charge >= 0.3 is 0 Å². The van der Waals surface area contributed by atoms with Gasteiger partial charge in [-0.05, 0) is 37.4 Å². The molecule has 3 nitrogen and oxygen atoms in total. The van der Waals surface area contributed by atoms with Gasteiger partial charge in [0.05, 0.1) is 5.60 Å². The molecule has 0 bridgehead atoms. The number of fused-ring (bicyclic) bond motifs is 1. The summed E-state index contributed by atoms with van der Waals surface area (Å²) in [6, 6.07) is 8.54. The fourth-order valence-corrected chi connectivity index (χ4v) is 3.01. The van der Waals surface area contributed by atoms with Crippen LogP contribution < -0.4 is 10.2 Å². The molecule has 2 heterocycles. The molecule has 1 unspecified atom stereocenters.